The Morgan fingerprint density at radius 2 is 2.09 bits per heavy atom. The van der Waals surface area contributed by atoms with E-state index < -0.39 is 0 Å². The van der Waals surface area contributed by atoms with Crippen LogP contribution in [0.4, 0.5) is 10.6 Å². The van der Waals surface area contributed by atoms with Crippen LogP contribution >= 0.6 is 0 Å². The van der Waals surface area contributed by atoms with E-state index in [1.54, 1.807) is 23.0 Å². The van der Waals surface area contributed by atoms with E-state index in [1.165, 1.54) is 19.3 Å². The number of fused-ring (bicyclic) bond motifs is 1. The molecule has 0 aliphatic carbocycles. The molecule has 10 nitrogen and oxygen atoms in total. The van der Waals surface area contributed by atoms with Crippen LogP contribution in [0.2, 0.25) is 0 Å². The predicted molar refractivity (Wildman–Crippen MR) is 124 cm³/mol. The molecule has 1 saturated heterocycles. The molecule has 0 spiro atoms. The Morgan fingerprint density at radius 3 is 2.85 bits per heavy atom. The highest BCUT2D eigenvalue weighted by Gasteiger charge is 2.13. The fourth-order valence-corrected chi connectivity index (χ4v) is 3.78. The minimum absolute atomic E-state index is 0.0853. The summed E-state index contributed by atoms with van der Waals surface area (Å²) < 4.78 is 7.31. The molecule has 0 bridgehead atoms. The van der Waals surface area contributed by atoms with Crippen LogP contribution in [0.25, 0.3) is 16.9 Å². The number of carbonyl (C=O) groups excluding carboxylic acids is 1. The summed E-state index contributed by atoms with van der Waals surface area (Å²) in [6, 6.07) is 7.13. The van der Waals surface area contributed by atoms with E-state index in [0.717, 1.165) is 19.6 Å². The Balaban J connectivity index is 1.42. The molecule has 33 heavy (non-hydrogen) atoms. The third-order valence-corrected chi connectivity index (χ3v) is 5.34. The number of nitriles is 1. The number of nitrogens with one attached hydrogen (secondary N) is 2. The van der Waals surface area contributed by atoms with Crippen molar-refractivity contribution < 1.29 is 9.53 Å². The average Bonchev–Trinajstić information content (AvgIpc) is 3.20. The van der Waals surface area contributed by atoms with Gasteiger partial charge in [-0.15, -0.1) is 0 Å². The lowest BCUT2D eigenvalue weighted by atomic mass is 10.1. The van der Waals surface area contributed by atoms with Crippen molar-refractivity contribution in [2.75, 3.05) is 31.5 Å². The standard InChI is InChI=1S/C23H28N8O2/c1-16(2)33-20-12-17(14-26-19(20)13-24)18-6-7-22-27-21(15-31(22)29-18)28-23(32)25-8-11-30-9-4-3-5-10-30/h6-7,12,14-16H,3-5,8-11H2,1-2H3,(H2,25,28,32). The minimum Gasteiger partial charge on any atom is -0.488 e. The SMILES string of the molecule is CC(C)Oc1cc(-c2ccc3nc(NC(=O)NCCN4CCCCC4)cn3n2)cnc1C#N. The zero-order valence-electron chi connectivity index (χ0n) is 18.9. The van der Waals surface area contributed by atoms with Crippen LogP contribution < -0.4 is 15.4 Å². The highest BCUT2D eigenvalue weighted by Crippen LogP contribution is 2.25. The van der Waals surface area contributed by atoms with Gasteiger partial charge in [0.05, 0.1) is 18.0 Å². The summed E-state index contributed by atoms with van der Waals surface area (Å²) in [5.41, 5.74) is 2.19. The molecular formula is C23H28N8O2. The first-order valence-electron chi connectivity index (χ1n) is 11.2. The molecule has 10 heteroatoms. The predicted octanol–water partition coefficient (Wildman–Crippen LogP) is 3.06. The third kappa shape index (κ3) is 5.75. The van der Waals surface area contributed by atoms with E-state index >= 15 is 0 Å². The second-order valence-electron chi connectivity index (χ2n) is 8.28. The lowest BCUT2D eigenvalue weighted by Gasteiger charge is -2.26. The van der Waals surface area contributed by atoms with Crippen LogP contribution in [-0.4, -0.2) is 62.8 Å². The van der Waals surface area contributed by atoms with Gasteiger partial charge in [-0.05, 0) is 58.0 Å². The highest BCUT2D eigenvalue weighted by atomic mass is 16.5. The van der Waals surface area contributed by atoms with Crippen molar-refractivity contribution in [3.8, 4) is 23.1 Å². The number of carbonyl (C=O) groups is 1. The fraction of sp³-hybridized carbons (Fsp3) is 0.435. The number of rotatable bonds is 7. The number of likely N-dealkylation sites (tertiary alicyclic amines) is 1. The number of ether oxygens (including phenoxy) is 1. The van der Waals surface area contributed by atoms with Crippen molar-refractivity contribution in [1.29, 1.82) is 5.26 Å². The van der Waals surface area contributed by atoms with Crippen LogP contribution in [0.5, 0.6) is 5.75 Å². The molecule has 0 radical (unpaired) electrons. The first kappa shape index (κ1) is 22.5. The summed E-state index contributed by atoms with van der Waals surface area (Å²) in [6.45, 7) is 7.43. The fourth-order valence-electron chi connectivity index (χ4n) is 3.78. The number of piperidine rings is 1. The van der Waals surface area contributed by atoms with Gasteiger partial charge in [0.15, 0.2) is 22.9 Å². The maximum atomic E-state index is 12.2. The zero-order valence-corrected chi connectivity index (χ0v) is 18.9. The minimum atomic E-state index is -0.289. The van der Waals surface area contributed by atoms with E-state index in [-0.39, 0.29) is 17.8 Å². The van der Waals surface area contributed by atoms with Crippen molar-refractivity contribution in [2.45, 2.75) is 39.2 Å². The molecule has 2 amide bonds. The molecule has 1 aliphatic heterocycles. The number of hydrogen-bond donors (Lipinski definition) is 2. The summed E-state index contributed by atoms with van der Waals surface area (Å²) >= 11 is 0. The van der Waals surface area contributed by atoms with Crippen molar-refractivity contribution in [3.05, 3.63) is 36.3 Å². The monoisotopic (exact) mass is 448 g/mol. The highest BCUT2D eigenvalue weighted by molar-refractivity contribution is 5.88. The van der Waals surface area contributed by atoms with Gasteiger partial charge in [0, 0.05) is 24.8 Å². The van der Waals surface area contributed by atoms with Gasteiger partial charge in [-0.25, -0.2) is 19.3 Å². The molecule has 0 atom stereocenters. The van der Waals surface area contributed by atoms with E-state index in [0.29, 0.717) is 35.0 Å². The molecule has 0 saturated carbocycles. The van der Waals surface area contributed by atoms with Gasteiger partial charge >= 0.3 is 6.03 Å². The number of anilines is 1. The van der Waals surface area contributed by atoms with E-state index in [2.05, 4.69) is 30.6 Å². The number of urea groups is 1. The Morgan fingerprint density at radius 1 is 1.27 bits per heavy atom. The van der Waals surface area contributed by atoms with Crippen molar-refractivity contribution >= 4 is 17.5 Å². The molecule has 1 aliphatic rings. The molecule has 2 N–H and O–H groups in total. The summed E-state index contributed by atoms with van der Waals surface area (Å²) in [7, 11) is 0. The largest absolute Gasteiger partial charge is 0.488 e. The molecule has 3 aromatic heterocycles. The van der Waals surface area contributed by atoms with Gasteiger partial charge in [0.1, 0.15) is 6.07 Å². The lowest BCUT2D eigenvalue weighted by Crippen LogP contribution is -2.39. The number of imidazole rings is 1. The second-order valence-corrected chi connectivity index (χ2v) is 8.28. The molecule has 172 valence electrons. The number of hydrogen-bond acceptors (Lipinski definition) is 7. The van der Waals surface area contributed by atoms with Crippen LogP contribution in [0, 0.1) is 11.3 Å². The molecule has 0 aromatic carbocycles. The smallest absolute Gasteiger partial charge is 0.320 e. The molecule has 4 rings (SSSR count). The van der Waals surface area contributed by atoms with Crippen LogP contribution in [-0.2, 0) is 0 Å². The Bertz CT molecular complexity index is 1160. The van der Waals surface area contributed by atoms with E-state index in [1.807, 2.05) is 32.0 Å². The second kappa shape index (κ2) is 10.3. The number of pyridine rings is 1. The first-order valence-corrected chi connectivity index (χ1v) is 11.2. The maximum absolute atomic E-state index is 12.2. The number of aromatic nitrogens is 4. The maximum Gasteiger partial charge on any atom is 0.320 e. The van der Waals surface area contributed by atoms with E-state index in [4.69, 9.17) is 4.74 Å². The number of amides is 2. The molecule has 4 heterocycles. The molecule has 1 fully saturated rings. The lowest BCUT2D eigenvalue weighted by molar-refractivity contribution is 0.224. The van der Waals surface area contributed by atoms with Gasteiger partial charge in [0.25, 0.3) is 0 Å². The Labute approximate surface area is 192 Å². The van der Waals surface area contributed by atoms with Crippen LogP contribution in [0.15, 0.2) is 30.6 Å². The normalized spacial score (nSPS) is 14.2. The van der Waals surface area contributed by atoms with Crippen molar-refractivity contribution in [3.63, 3.8) is 0 Å². The van der Waals surface area contributed by atoms with Crippen molar-refractivity contribution in [2.24, 2.45) is 0 Å². The van der Waals surface area contributed by atoms with Gasteiger partial charge in [-0.1, -0.05) is 6.42 Å². The third-order valence-electron chi connectivity index (χ3n) is 5.34. The molecular weight excluding hydrogens is 420 g/mol. The quantitative estimate of drug-likeness (QED) is 0.570. The Hall–Kier alpha value is -3.71. The number of nitrogens with zero attached hydrogens (tertiary/aromatic N) is 6. The van der Waals surface area contributed by atoms with Crippen LogP contribution in [0.1, 0.15) is 38.8 Å². The van der Waals surface area contributed by atoms with Gasteiger partial charge < -0.3 is 15.0 Å². The first-order chi connectivity index (χ1) is 16.0. The van der Waals surface area contributed by atoms with Gasteiger partial charge in [-0.3, -0.25) is 5.32 Å². The van der Waals surface area contributed by atoms with Crippen molar-refractivity contribution in [1.82, 2.24) is 29.8 Å². The topological polar surface area (TPSA) is 120 Å². The summed E-state index contributed by atoms with van der Waals surface area (Å²) in [4.78, 5) is 23.2. The summed E-state index contributed by atoms with van der Waals surface area (Å²) in [6.07, 6.45) is 6.91. The summed E-state index contributed by atoms with van der Waals surface area (Å²) in [5.74, 6) is 0.831. The molecule has 3 aromatic rings. The Kier molecular flexibility index (Phi) is 7.00. The van der Waals surface area contributed by atoms with E-state index in [9.17, 15) is 10.1 Å². The van der Waals surface area contributed by atoms with Gasteiger partial charge in [0.2, 0.25) is 0 Å². The van der Waals surface area contributed by atoms with Gasteiger partial charge in [-0.2, -0.15) is 10.4 Å². The molecule has 0 unspecified atom stereocenters. The van der Waals surface area contributed by atoms with Crippen LogP contribution in [0.3, 0.4) is 0 Å². The summed E-state index contributed by atoms with van der Waals surface area (Å²) in [5, 5.41) is 19.5. The zero-order chi connectivity index (χ0) is 23.2. The average molecular weight is 449 g/mol.